The lowest BCUT2D eigenvalue weighted by molar-refractivity contribution is 0.381. The van der Waals surface area contributed by atoms with Gasteiger partial charge in [-0.1, -0.05) is 24.3 Å². The van der Waals surface area contributed by atoms with Crippen molar-refractivity contribution in [2.75, 3.05) is 13.1 Å². The van der Waals surface area contributed by atoms with E-state index < -0.39 is 10.4 Å². The van der Waals surface area contributed by atoms with Crippen molar-refractivity contribution in [3.05, 3.63) is 50.6 Å². The predicted molar refractivity (Wildman–Crippen MR) is 84.4 cm³/mol. The third-order valence-corrected chi connectivity index (χ3v) is 0.333. The van der Waals surface area contributed by atoms with Crippen LogP contribution in [0.2, 0.25) is 0 Å². The number of hydrogen-bond acceptors (Lipinski definition) is 4. The summed E-state index contributed by atoms with van der Waals surface area (Å²) in [6, 6.07) is 0. The van der Waals surface area contributed by atoms with Crippen LogP contribution in [0.25, 0.3) is 0 Å². The molecule has 0 aliphatic rings. The summed E-state index contributed by atoms with van der Waals surface area (Å²) in [7, 11) is -4.67. The van der Waals surface area contributed by atoms with E-state index in [2.05, 4.69) is 26.3 Å². The van der Waals surface area contributed by atoms with Crippen LogP contribution in [0.4, 0.5) is 0 Å². The van der Waals surface area contributed by atoms with Crippen LogP contribution in [0.15, 0.2) is 50.6 Å². The van der Waals surface area contributed by atoms with E-state index in [1.54, 1.807) is 24.3 Å². The standard InChI is InChI=1S/2C3H7N.2C3H6.H2O4S/c2*1-2-3-4;2*1-3-2;1-5(2,3)4/h2*2H,1,3-4H2;2*3H,1H2,2H3;(H2,1,2,3,4). The van der Waals surface area contributed by atoms with Gasteiger partial charge in [0, 0.05) is 13.1 Å². The Hall–Kier alpha value is -1.25. The van der Waals surface area contributed by atoms with Crippen LogP contribution in [0.3, 0.4) is 0 Å². The van der Waals surface area contributed by atoms with Gasteiger partial charge in [-0.2, -0.15) is 8.42 Å². The summed E-state index contributed by atoms with van der Waals surface area (Å²) >= 11 is 0. The Kier molecular flexibility index (Phi) is 58.0. The molecule has 0 unspecified atom stereocenters. The Balaban J connectivity index is -0.0000000437. The van der Waals surface area contributed by atoms with Crippen molar-refractivity contribution in [1.29, 1.82) is 0 Å². The van der Waals surface area contributed by atoms with Crippen LogP contribution < -0.4 is 11.5 Å². The lowest BCUT2D eigenvalue weighted by Gasteiger charge is -1.68. The number of allylic oxidation sites excluding steroid dienone is 2. The van der Waals surface area contributed by atoms with Crippen LogP contribution in [-0.4, -0.2) is 30.6 Å². The smallest absolute Gasteiger partial charge is 0.327 e. The lowest BCUT2D eigenvalue weighted by atomic mass is 10.7. The van der Waals surface area contributed by atoms with Gasteiger partial charge in [-0.25, -0.2) is 0 Å². The van der Waals surface area contributed by atoms with E-state index in [-0.39, 0.29) is 0 Å². The SMILES string of the molecule is C=CC.C=CC.C=CCN.C=CCN.O=S(=O)(O)O. The third kappa shape index (κ3) is 6480. The second-order valence-electron chi connectivity index (χ2n) is 2.31. The Bertz CT molecular complexity index is 253. The molecule has 0 saturated carbocycles. The molecule has 0 radical (unpaired) electrons. The van der Waals surface area contributed by atoms with E-state index in [1.807, 2.05) is 13.8 Å². The highest BCUT2D eigenvalue weighted by Gasteiger charge is 1.84. The van der Waals surface area contributed by atoms with Crippen LogP contribution in [0.1, 0.15) is 13.8 Å². The molecule has 0 saturated heterocycles. The van der Waals surface area contributed by atoms with Gasteiger partial charge in [0.25, 0.3) is 0 Å². The minimum absolute atomic E-state index is 0.583. The van der Waals surface area contributed by atoms with Gasteiger partial charge in [-0.3, -0.25) is 9.11 Å². The van der Waals surface area contributed by atoms with Gasteiger partial charge in [0.2, 0.25) is 0 Å². The quantitative estimate of drug-likeness (QED) is 0.456. The Morgan fingerprint density at radius 2 is 0.947 bits per heavy atom. The Morgan fingerprint density at radius 3 is 0.947 bits per heavy atom. The second-order valence-corrected chi connectivity index (χ2v) is 3.21. The van der Waals surface area contributed by atoms with Gasteiger partial charge in [-0.15, -0.1) is 26.3 Å². The second kappa shape index (κ2) is 36.0. The number of hydrogen-bond donors (Lipinski definition) is 4. The molecule has 19 heavy (non-hydrogen) atoms. The fraction of sp³-hybridized carbons (Fsp3) is 0.333. The van der Waals surface area contributed by atoms with E-state index in [0.717, 1.165) is 0 Å². The Labute approximate surface area is 117 Å². The molecule has 7 heteroatoms. The zero-order valence-corrected chi connectivity index (χ0v) is 12.6. The van der Waals surface area contributed by atoms with Gasteiger partial charge in [0.15, 0.2) is 0 Å². The van der Waals surface area contributed by atoms with Crippen molar-refractivity contribution in [1.82, 2.24) is 0 Å². The predicted octanol–water partition coefficient (Wildman–Crippen LogP) is 1.99. The summed E-state index contributed by atoms with van der Waals surface area (Å²) in [5, 5.41) is 0. The molecule has 0 heterocycles. The van der Waals surface area contributed by atoms with Crippen molar-refractivity contribution >= 4 is 10.4 Å². The minimum Gasteiger partial charge on any atom is -0.327 e. The molecule has 0 fully saturated rings. The number of rotatable bonds is 2. The molecule has 0 aromatic carbocycles. The first-order valence-corrected chi connectivity index (χ1v) is 6.52. The molecule has 0 amide bonds. The summed E-state index contributed by atoms with van der Waals surface area (Å²) in [6.07, 6.45) is 6.81. The largest absolute Gasteiger partial charge is 0.394 e. The molecule has 116 valence electrons. The molecule has 0 bridgehead atoms. The van der Waals surface area contributed by atoms with Crippen molar-refractivity contribution < 1.29 is 17.5 Å². The van der Waals surface area contributed by atoms with E-state index >= 15 is 0 Å². The summed E-state index contributed by atoms with van der Waals surface area (Å²) in [6.45, 7) is 18.4. The molecule has 0 aromatic heterocycles. The Morgan fingerprint density at radius 1 is 0.895 bits per heavy atom. The topological polar surface area (TPSA) is 127 Å². The van der Waals surface area contributed by atoms with Crippen molar-refractivity contribution in [2.24, 2.45) is 11.5 Å². The third-order valence-electron chi connectivity index (χ3n) is 0.333. The molecule has 6 nitrogen and oxygen atoms in total. The van der Waals surface area contributed by atoms with Crippen molar-refractivity contribution in [2.45, 2.75) is 13.8 Å². The van der Waals surface area contributed by atoms with Crippen LogP contribution >= 0.6 is 0 Å². The molecule has 0 atom stereocenters. The van der Waals surface area contributed by atoms with E-state index in [9.17, 15) is 0 Å². The molecule has 0 spiro atoms. The maximum absolute atomic E-state index is 8.74. The van der Waals surface area contributed by atoms with Gasteiger partial charge in [0.1, 0.15) is 0 Å². The lowest BCUT2D eigenvalue weighted by Crippen LogP contribution is -1.90. The van der Waals surface area contributed by atoms with Crippen molar-refractivity contribution in [3.8, 4) is 0 Å². The van der Waals surface area contributed by atoms with E-state index in [1.165, 1.54) is 0 Å². The van der Waals surface area contributed by atoms with Crippen LogP contribution in [0, 0.1) is 0 Å². The first-order chi connectivity index (χ1) is 8.66. The average molecular weight is 296 g/mol. The molecular weight excluding hydrogens is 268 g/mol. The molecule has 0 aliphatic heterocycles. The van der Waals surface area contributed by atoms with E-state index in [4.69, 9.17) is 29.0 Å². The molecule has 6 N–H and O–H groups in total. The van der Waals surface area contributed by atoms with Crippen LogP contribution in [0.5, 0.6) is 0 Å². The molecular formula is C12H28N2O4S. The highest BCUT2D eigenvalue weighted by Crippen LogP contribution is 1.59. The molecule has 0 aromatic rings. The highest BCUT2D eigenvalue weighted by atomic mass is 32.3. The molecule has 0 aliphatic carbocycles. The summed E-state index contributed by atoms with van der Waals surface area (Å²) in [5.41, 5.74) is 9.82. The zero-order valence-electron chi connectivity index (χ0n) is 11.8. The summed E-state index contributed by atoms with van der Waals surface area (Å²) < 4.78 is 31.6. The average Bonchev–Trinajstić information content (AvgIpc) is 2.29. The van der Waals surface area contributed by atoms with Gasteiger partial charge < -0.3 is 11.5 Å². The van der Waals surface area contributed by atoms with Gasteiger partial charge >= 0.3 is 10.4 Å². The fourth-order valence-electron chi connectivity index (χ4n) is 0. The number of nitrogens with two attached hydrogens (primary N) is 2. The summed E-state index contributed by atoms with van der Waals surface area (Å²) in [4.78, 5) is 0. The first-order valence-electron chi connectivity index (χ1n) is 5.12. The maximum atomic E-state index is 8.74. The summed E-state index contributed by atoms with van der Waals surface area (Å²) in [5.74, 6) is 0. The minimum atomic E-state index is -4.67. The van der Waals surface area contributed by atoms with E-state index in [0.29, 0.717) is 13.1 Å². The first kappa shape index (κ1) is 30.6. The van der Waals surface area contributed by atoms with Gasteiger partial charge in [0.05, 0.1) is 0 Å². The van der Waals surface area contributed by atoms with Gasteiger partial charge in [-0.05, 0) is 13.8 Å². The molecule has 0 rings (SSSR count). The highest BCUT2D eigenvalue weighted by molar-refractivity contribution is 7.79. The fourth-order valence-corrected chi connectivity index (χ4v) is 0. The zero-order chi connectivity index (χ0) is 16.7. The maximum Gasteiger partial charge on any atom is 0.394 e. The monoisotopic (exact) mass is 296 g/mol. The van der Waals surface area contributed by atoms with Crippen LogP contribution in [-0.2, 0) is 10.4 Å². The normalized spacial score (nSPS) is 7.05. The van der Waals surface area contributed by atoms with Crippen molar-refractivity contribution in [3.63, 3.8) is 0 Å².